The molecule has 1 amide bonds. The van der Waals surface area contributed by atoms with E-state index in [4.69, 9.17) is 4.74 Å². The molecule has 0 saturated carbocycles. The van der Waals surface area contributed by atoms with Gasteiger partial charge in [0.25, 0.3) is 11.9 Å². The quantitative estimate of drug-likeness (QED) is 0.637. The number of carbonyl (C=O) groups is 1. The summed E-state index contributed by atoms with van der Waals surface area (Å²) in [7, 11) is 0. The van der Waals surface area contributed by atoms with E-state index in [9.17, 15) is 14.9 Å². The van der Waals surface area contributed by atoms with Gasteiger partial charge in [-0.15, -0.1) is 0 Å². The summed E-state index contributed by atoms with van der Waals surface area (Å²) in [6.07, 6.45) is 1.74. The van der Waals surface area contributed by atoms with Gasteiger partial charge in [0.2, 0.25) is 0 Å². The Kier molecular flexibility index (Phi) is 4.10. The Morgan fingerprint density at radius 1 is 1.24 bits per heavy atom. The number of carbonyl (C=O) groups excluding carboxylic acids is 1. The number of para-hydroxylation sites is 2. The van der Waals surface area contributed by atoms with E-state index in [1.807, 2.05) is 55.5 Å². The summed E-state index contributed by atoms with van der Waals surface area (Å²) in [4.78, 5) is 27.8. The zero-order valence-electron chi connectivity index (χ0n) is 16.2. The van der Waals surface area contributed by atoms with Gasteiger partial charge >= 0.3 is 0 Å². The van der Waals surface area contributed by atoms with Crippen molar-refractivity contribution in [2.45, 2.75) is 43.3 Å². The predicted octanol–water partition coefficient (Wildman–Crippen LogP) is 3.14. The van der Waals surface area contributed by atoms with Crippen molar-refractivity contribution in [2.24, 2.45) is 0 Å². The Balaban J connectivity index is 1.75. The number of nitrogens with zero attached hydrogens (tertiary/aromatic N) is 2. The first-order chi connectivity index (χ1) is 14.1. The minimum absolute atomic E-state index is 0.0797. The molecule has 7 nitrogen and oxygen atoms in total. The molecule has 5 rings (SSSR count). The third kappa shape index (κ3) is 2.31. The molecule has 0 aromatic heterocycles. The van der Waals surface area contributed by atoms with Crippen LogP contribution in [-0.2, 0) is 10.3 Å². The SMILES string of the molecule is CCOc1ccccc1[C@H]1[C@H]([N+](=O)[O-])[C@]2(C(=O)Nc3ccccc32)N2CCC[C@@H]12. The number of hydrogen-bond acceptors (Lipinski definition) is 5. The third-order valence-corrected chi connectivity index (χ3v) is 6.67. The Morgan fingerprint density at radius 2 is 2.00 bits per heavy atom. The summed E-state index contributed by atoms with van der Waals surface area (Å²) in [5, 5.41) is 15.5. The summed E-state index contributed by atoms with van der Waals surface area (Å²) in [6.45, 7) is 3.06. The van der Waals surface area contributed by atoms with Gasteiger partial charge in [-0.25, -0.2) is 0 Å². The van der Waals surface area contributed by atoms with Gasteiger partial charge in [0.15, 0.2) is 5.54 Å². The maximum absolute atomic E-state index is 13.4. The van der Waals surface area contributed by atoms with E-state index >= 15 is 0 Å². The zero-order chi connectivity index (χ0) is 20.2. The largest absolute Gasteiger partial charge is 0.494 e. The van der Waals surface area contributed by atoms with Gasteiger partial charge in [-0.3, -0.25) is 19.8 Å². The number of amides is 1. The summed E-state index contributed by atoms with van der Waals surface area (Å²) in [6, 6.07) is 13.8. The van der Waals surface area contributed by atoms with Crippen LogP contribution in [0.5, 0.6) is 5.75 Å². The van der Waals surface area contributed by atoms with Crippen molar-refractivity contribution < 1.29 is 14.5 Å². The van der Waals surface area contributed by atoms with Gasteiger partial charge in [-0.05, 0) is 31.9 Å². The van der Waals surface area contributed by atoms with E-state index in [0.717, 1.165) is 24.0 Å². The van der Waals surface area contributed by atoms with Gasteiger partial charge in [0, 0.05) is 34.3 Å². The average molecular weight is 393 g/mol. The van der Waals surface area contributed by atoms with Crippen LogP contribution in [-0.4, -0.2) is 41.0 Å². The van der Waals surface area contributed by atoms with Gasteiger partial charge in [-0.2, -0.15) is 0 Å². The average Bonchev–Trinajstić information content (AvgIpc) is 3.36. The molecule has 0 aliphatic carbocycles. The van der Waals surface area contributed by atoms with Gasteiger partial charge in [-0.1, -0.05) is 36.4 Å². The maximum Gasteiger partial charge on any atom is 0.256 e. The molecule has 4 atom stereocenters. The van der Waals surface area contributed by atoms with Crippen molar-refractivity contribution in [2.75, 3.05) is 18.5 Å². The predicted molar refractivity (Wildman–Crippen MR) is 108 cm³/mol. The van der Waals surface area contributed by atoms with Crippen molar-refractivity contribution in [3.05, 3.63) is 69.8 Å². The standard InChI is InChI=1S/C22H23N3O4/c1-2-29-18-12-6-3-8-14(18)19-17-11-7-13-24(17)22(20(19)25(27)28)15-9-4-5-10-16(15)23-21(22)26/h3-6,8-10,12,17,19-20H,2,7,11,13H2,1H3,(H,23,26)/t17-,19+,20-,22+/m0/s1. The van der Waals surface area contributed by atoms with Crippen LogP contribution in [0.3, 0.4) is 0 Å². The monoisotopic (exact) mass is 393 g/mol. The number of ether oxygens (including phenoxy) is 1. The molecule has 2 saturated heterocycles. The fourth-order valence-corrected chi connectivity index (χ4v) is 5.79. The molecule has 29 heavy (non-hydrogen) atoms. The minimum atomic E-state index is -1.29. The number of hydrogen-bond donors (Lipinski definition) is 1. The second-order valence-electron chi connectivity index (χ2n) is 7.90. The van der Waals surface area contributed by atoms with Crippen LogP contribution in [0.1, 0.15) is 36.8 Å². The third-order valence-electron chi connectivity index (χ3n) is 6.67. The number of fused-ring (bicyclic) bond motifs is 4. The van der Waals surface area contributed by atoms with E-state index < -0.39 is 17.5 Å². The van der Waals surface area contributed by atoms with Gasteiger partial charge < -0.3 is 10.1 Å². The zero-order valence-corrected chi connectivity index (χ0v) is 16.2. The topological polar surface area (TPSA) is 84.7 Å². The van der Waals surface area contributed by atoms with Crippen LogP contribution >= 0.6 is 0 Å². The molecule has 3 heterocycles. The van der Waals surface area contributed by atoms with Crippen molar-refractivity contribution >= 4 is 11.6 Å². The molecule has 3 aliphatic rings. The number of nitrogens with one attached hydrogen (secondary N) is 1. The lowest BCUT2D eigenvalue weighted by Gasteiger charge is -2.32. The molecule has 0 bridgehead atoms. The lowest BCUT2D eigenvalue weighted by molar-refractivity contribution is -0.534. The molecule has 1 N–H and O–H groups in total. The molecule has 2 aromatic carbocycles. The summed E-state index contributed by atoms with van der Waals surface area (Å²) < 4.78 is 5.83. The highest BCUT2D eigenvalue weighted by atomic mass is 16.6. The van der Waals surface area contributed by atoms with E-state index in [-0.39, 0.29) is 16.9 Å². The lowest BCUT2D eigenvalue weighted by Crippen LogP contribution is -2.55. The first-order valence-corrected chi connectivity index (χ1v) is 10.1. The second kappa shape index (κ2) is 6.56. The molecule has 0 radical (unpaired) electrons. The maximum atomic E-state index is 13.4. The number of benzene rings is 2. The number of rotatable bonds is 4. The summed E-state index contributed by atoms with van der Waals surface area (Å²) in [5.41, 5.74) is 0.927. The molecule has 2 aromatic rings. The highest BCUT2D eigenvalue weighted by Gasteiger charge is 2.73. The molecule has 3 aliphatic heterocycles. The van der Waals surface area contributed by atoms with Crippen LogP contribution in [0.15, 0.2) is 48.5 Å². The Labute approximate surface area is 168 Å². The molecule has 0 unspecified atom stereocenters. The lowest BCUT2D eigenvalue weighted by atomic mass is 9.77. The van der Waals surface area contributed by atoms with Crippen LogP contribution < -0.4 is 10.1 Å². The molecule has 1 spiro atoms. The molecular weight excluding hydrogens is 370 g/mol. The van der Waals surface area contributed by atoms with Crippen LogP contribution in [0, 0.1) is 10.1 Å². The normalized spacial score (nSPS) is 30.2. The van der Waals surface area contributed by atoms with Gasteiger partial charge in [0.1, 0.15) is 5.75 Å². The first-order valence-electron chi connectivity index (χ1n) is 10.1. The Bertz CT molecular complexity index is 994. The fraction of sp³-hybridized carbons (Fsp3) is 0.409. The highest BCUT2D eigenvalue weighted by molar-refractivity contribution is 6.07. The van der Waals surface area contributed by atoms with E-state index in [1.165, 1.54) is 0 Å². The fourth-order valence-electron chi connectivity index (χ4n) is 5.79. The number of anilines is 1. The van der Waals surface area contributed by atoms with Crippen LogP contribution in [0.25, 0.3) is 0 Å². The Morgan fingerprint density at radius 3 is 2.79 bits per heavy atom. The van der Waals surface area contributed by atoms with E-state index in [0.29, 0.717) is 24.6 Å². The molecular formula is C22H23N3O4. The van der Waals surface area contributed by atoms with Crippen LogP contribution in [0.4, 0.5) is 5.69 Å². The minimum Gasteiger partial charge on any atom is -0.494 e. The molecule has 7 heteroatoms. The molecule has 150 valence electrons. The van der Waals surface area contributed by atoms with Crippen molar-refractivity contribution in [3.63, 3.8) is 0 Å². The van der Waals surface area contributed by atoms with E-state index in [2.05, 4.69) is 10.2 Å². The smallest absolute Gasteiger partial charge is 0.256 e. The summed E-state index contributed by atoms with van der Waals surface area (Å²) >= 11 is 0. The van der Waals surface area contributed by atoms with E-state index in [1.54, 1.807) is 0 Å². The van der Waals surface area contributed by atoms with Crippen LogP contribution in [0.2, 0.25) is 0 Å². The summed E-state index contributed by atoms with van der Waals surface area (Å²) in [5.74, 6) is -0.0433. The highest BCUT2D eigenvalue weighted by Crippen LogP contribution is 2.58. The first kappa shape index (κ1) is 18.1. The van der Waals surface area contributed by atoms with Crippen molar-refractivity contribution in [1.82, 2.24) is 4.90 Å². The Hall–Kier alpha value is -2.93. The molecule has 2 fully saturated rings. The van der Waals surface area contributed by atoms with Crippen molar-refractivity contribution in [1.29, 1.82) is 0 Å². The number of nitro groups is 1. The van der Waals surface area contributed by atoms with Crippen molar-refractivity contribution in [3.8, 4) is 5.75 Å². The second-order valence-corrected chi connectivity index (χ2v) is 7.90. The van der Waals surface area contributed by atoms with Gasteiger partial charge in [0.05, 0.1) is 12.5 Å².